The summed E-state index contributed by atoms with van der Waals surface area (Å²) in [6.45, 7) is 8.16. The van der Waals surface area contributed by atoms with Crippen molar-refractivity contribution in [3.05, 3.63) is 63.3 Å². The van der Waals surface area contributed by atoms with E-state index in [4.69, 9.17) is 9.51 Å². The maximum atomic E-state index is 13.7. The van der Waals surface area contributed by atoms with Gasteiger partial charge in [-0.05, 0) is 48.8 Å². The van der Waals surface area contributed by atoms with E-state index in [1.54, 1.807) is 15.9 Å². The van der Waals surface area contributed by atoms with E-state index in [1.807, 2.05) is 37.3 Å². The summed E-state index contributed by atoms with van der Waals surface area (Å²) in [6, 6.07) is 9.71. The number of rotatable bonds is 5. The minimum Gasteiger partial charge on any atom is -0.338 e. The van der Waals surface area contributed by atoms with Crippen LogP contribution in [0.4, 0.5) is 0 Å². The average molecular weight is 453 g/mol. The molecule has 1 aliphatic carbocycles. The molecule has 3 heterocycles. The minimum atomic E-state index is -0.189. The molecule has 8 heteroatoms. The third-order valence-electron chi connectivity index (χ3n) is 5.38. The van der Waals surface area contributed by atoms with Crippen molar-refractivity contribution in [1.29, 1.82) is 0 Å². The predicted molar refractivity (Wildman–Crippen MR) is 124 cm³/mol. The number of nitrogens with zero attached hydrogens (tertiary/aromatic N) is 4. The maximum Gasteiger partial charge on any atom is 0.267 e. The Morgan fingerprint density at radius 3 is 2.58 bits per heavy atom. The summed E-state index contributed by atoms with van der Waals surface area (Å²) in [5.41, 5.74) is 1.77. The van der Waals surface area contributed by atoms with Gasteiger partial charge in [0.2, 0.25) is 5.89 Å². The van der Waals surface area contributed by atoms with Crippen LogP contribution in [0.1, 0.15) is 69.0 Å². The van der Waals surface area contributed by atoms with Crippen molar-refractivity contribution in [1.82, 2.24) is 19.7 Å². The van der Waals surface area contributed by atoms with Crippen LogP contribution in [-0.4, -0.2) is 19.7 Å². The van der Waals surface area contributed by atoms with E-state index in [1.165, 1.54) is 11.8 Å². The number of benzene rings is 1. The molecule has 0 saturated heterocycles. The topological polar surface area (TPSA) is 73.8 Å². The fourth-order valence-corrected chi connectivity index (χ4v) is 5.50. The number of fused-ring (bicyclic) bond motifs is 1. The summed E-state index contributed by atoms with van der Waals surface area (Å²) in [5, 5.41) is 7.50. The molecule has 6 nitrogen and oxygen atoms in total. The lowest BCUT2D eigenvalue weighted by Gasteiger charge is -2.14. The van der Waals surface area contributed by atoms with Crippen LogP contribution in [-0.2, 0) is 5.41 Å². The normalized spacial score (nSPS) is 15.5. The Morgan fingerprint density at radius 1 is 1.19 bits per heavy atom. The molecule has 0 spiro atoms. The SMILES string of the molecule is C[C@@H](Sc1nc2scc(C3CC3)c2c(=O)n1-c1ccccc1)c1nc(C(C)(C)C)no1. The Balaban J connectivity index is 1.60. The lowest BCUT2D eigenvalue weighted by Crippen LogP contribution is -2.22. The summed E-state index contributed by atoms with van der Waals surface area (Å²) < 4.78 is 7.26. The average Bonchev–Trinajstić information content (AvgIpc) is 3.27. The van der Waals surface area contributed by atoms with Crippen LogP contribution in [0.25, 0.3) is 15.9 Å². The van der Waals surface area contributed by atoms with Crippen LogP contribution in [0.3, 0.4) is 0 Å². The van der Waals surface area contributed by atoms with Crippen molar-refractivity contribution in [3.63, 3.8) is 0 Å². The van der Waals surface area contributed by atoms with Gasteiger partial charge in [-0.1, -0.05) is 55.9 Å². The van der Waals surface area contributed by atoms with E-state index in [2.05, 4.69) is 36.3 Å². The van der Waals surface area contributed by atoms with Crippen molar-refractivity contribution in [2.75, 3.05) is 0 Å². The molecule has 1 fully saturated rings. The van der Waals surface area contributed by atoms with Crippen LogP contribution in [0.5, 0.6) is 0 Å². The summed E-state index contributed by atoms with van der Waals surface area (Å²) in [6.07, 6.45) is 2.30. The second-order valence-corrected chi connectivity index (χ2v) is 11.1. The number of thiophene rings is 1. The zero-order valence-electron chi connectivity index (χ0n) is 18.0. The lowest BCUT2D eigenvalue weighted by atomic mass is 9.96. The molecule has 5 rings (SSSR count). The summed E-state index contributed by atoms with van der Waals surface area (Å²) in [7, 11) is 0. The standard InChI is InChI=1S/C23H24N4O2S2/c1-13(18-24-21(26-29-18)23(2,3)4)31-22-25-19-17(16(12-30-19)14-10-11-14)20(28)27(22)15-8-6-5-7-9-15/h5-9,12-14H,10-11H2,1-4H3/t13-/m1/s1. The number of para-hydroxylation sites is 1. The largest absolute Gasteiger partial charge is 0.338 e. The number of thioether (sulfide) groups is 1. The molecule has 0 bridgehead atoms. The number of hydrogen-bond donors (Lipinski definition) is 0. The van der Waals surface area contributed by atoms with Gasteiger partial charge in [0.15, 0.2) is 11.0 Å². The molecule has 0 aliphatic heterocycles. The van der Waals surface area contributed by atoms with Gasteiger partial charge < -0.3 is 4.52 Å². The highest BCUT2D eigenvalue weighted by Gasteiger charge is 2.30. The van der Waals surface area contributed by atoms with E-state index in [0.717, 1.165) is 34.3 Å². The number of aromatic nitrogens is 4. The molecule has 1 aliphatic rings. The van der Waals surface area contributed by atoms with Gasteiger partial charge in [-0.15, -0.1) is 11.3 Å². The van der Waals surface area contributed by atoms with Gasteiger partial charge in [-0.3, -0.25) is 9.36 Å². The maximum absolute atomic E-state index is 13.7. The molecule has 31 heavy (non-hydrogen) atoms. The molecule has 1 atom stereocenters. The Kier molecular flexibility index (Phi) is 5.01. The predicted octanol–water partition coefficient (Wildman–Crippen LogP) is 5.86. The van der Waals surface area contributed by atoms with E-state index in [-0.39, 0.29) is 16.2 Å². The van der Waals surface area contributed by atoms with Crippen molar-refractivity contribution < 1.29 is 4.52 Å². The molecule has 0 N–H and O–H groups in total. The second kappa shape index (κ2) is 7.60. The molecule has 1 aromatic carbocycles. The molecular formula is C23H24N4O2S2. The molecule has 0 amide bonds. The highest BCUT2D eigenvalue weighted by Crippen LogP contribution is 2.44. The van der Waals surface area contributed by atoms with Gasteiger partial charge in [0.25, 0.3) is 5.56 Å². The van der Waals surface area contributed by atoms with Gasteiger partial charge in [-0.25, -0.2) is 4.98 Å². The van der Waals surface area contributed by atoms with Crippen molar-refractivity contribution >= 4 is 33.3 Å². The van der Waals surface area contributed by atoms with Gasteiger partial charge in [-0.2, -0.15) is 4.98 Å². The Labute approximate surface area is 188 Å². The molecular weight excluding hydrogens is 428 g/mol. The molecule has 3 aromatic heterocycles. The smallest absolute Gasteiger partial charge is 0.267 e. The first-order valence-corrected chi connectivity index (χ1v) is 12.2. The first kappa shape index (κ1) is 20.5. The Hall–Kier alpha value is -2.45. The first-order chi connectivity index (χ1) is 14.8. The molecule has 4 aromatic rings. The van der Waals surface area contributed by atoms with Crippen molar-refractivity contribution in [3.8, 4) is 5.69 Å². The zero-order valence-corrected chi connectivity index (χ0v) is 19.6. The highest BCUT2D eigenvalue weighted by molar-refractivity contribution is 7.99. The van der Waals surface area contributed by atoms with Crippen LogP contribution >= 0.6 is 23.1 Å². The van der Waals surface area contributed by atoms with Gasteiger partial charge in [0.1, 0.15) is 4.83 Å². The van der Waals surface area contributed by atoms with Gasteiger partial charge in [0, 0.05) is 5.41 Å². The molecule has 1 saturated carbocycles. The quantitative estimate of drug-likeness (QED) is 0.279. The number of hydrogen-bond acceptors (Lipinski definition) is 7. The van der Waals surface area contributed by atoms with Crippen LogP contribution < -0.4 is 5.56 Å². The Morgan fingerprint density at radius 2 is 1.94 bits per heavy atom. The van der Waals surface area contributed by atoms with Crippen molar-refractivity contribution in [2.45, 2.75) is 62.3 Å². The zero-order chi connectivity index (χ0) is 21.8. The minimum absolute atomic E-state index is 0.00467. The summed E-state index contributed by atoms with van der Waals surface area (Å²) in [4.78, 5) is 24.0. The van der Waals surface area contributed by atoms with Crippen molar-refractivity contribution in [2.24, 2.45) is 0 Å². The van der Waals surface area contributed by atoms with Crippen LogP contribution in [0, 0.1) is 0 Å². The lowest BCUT2D eigenvalue weighted by molar-refractivity contribution is 0.364. The monoisotopic (exact) mass is 452 g/mol. The van der Waals surface area contributed by atoms with E-state index < -0.39 is 0 Å². The fraction of sp³-hybridized carbons (Fsp3) is 0.391. The Bertz CT molecular complexity index is 1300. The summed E-state index contributed by atoms with van der Waals surface area (Å²) >= 11 is 3.02. The second-order valence-electron chi connectivity index (χ2n) is 8.98. The third-order valence-corrected chi connectivity index (χ3v) is 7.31. The van der Waals surface area contributed by atoms with E-state index >= 15 is 0 Å². The fourth-order valence-electron chi connectivity index (χ4n) is 3.49. The van der Waals surface area contributed by atoms with Gasteiger partial charge >= 0.3 is 0 Å². The highest BCUT2D eigenvalue weighted by atomic mass is 32.2. The van der Waals surface area contributed by atoms with Crippen LogP contribution in [0.15, 0.2) is 50.2 Å². The third kappa shape index (κ3) is 3.83. The molecule has 0 unspecified atom stereocenters. The molecule has 160 valence electrons. The summed E-state index contributed by atoms with van der Waals surface area (Å²) in [5.74, 6) is 1.71. The van der Waals surface area contributed by atoms with Crippen LogP contribution in [0.2, 0.25) is 0 Å². The first-order valence-electron chi connectivity index (χ1n) is 10.4. The van der Waals surface area contributed by atoms with E-state index in [9.17, 15) is 4.79 Å². The molecule has 0 radical (unpaired) electrons. The van der Waals surface area contributed by atoms with Gasteiger partial charge in [0.05, 0.1) is 16.3 Å². The van der Waals surface area contributed by atoms with E-state index in [0.29, 0.717) is 22.8 Å².